The summed E-state index contributed by atoms with van der Waals surface area (Å²) in [6.45, 7) is 3.56. The number of aromatic nitrogens is 4. The summed E-state index contributed by atoms with van der Waals surface area (Å²) in [5.41, 5.74) is 0.471. The van der Waals surface area contributed by atoms with Crippen molar-refractivity contribution in [1.82, 2.24) is 19.5 Å². The molecule has 1 amide bonds. The number of nitrogens with one attached hydrogen (secondary N) is 1. The van der Waals surface area contributed by atoms with Gasteiger partial charge in [-0.1, -0.05) is 32.0 Å². The number of carbonyl (C=O) groups is 1. The highest BCUT2D eigenvalue weighted by Gasteiger charge is 2.52. The number of rotatable bonds is 5. The van der Waals surface area contributed by atoms with Crippen molar-refractivity contribution in [3.63, 3.8) is 0 Å². The van der Waals surface area contributed by atoms with E-state index in [-0.39, 0.29) is 24.2 Å². The first-order chi connectivity index (χ1) is 14.0. The van der Waals surface area contributed by atoms with Crippen LogP contribution >= 0.6 is 0 Å². The molecule has 0 saturated carbocycles. The molecule has 0 radical (unpaired) electrons. The molecule has 1 aliphatic rings. The normalized spacial score (nSPS) is 26.7. The second-order valence-corrected chi connectivity index (χ2v) is 7.23. The lowest BCUT2D eigenvalue weighted by molar-refractivity contribution is -0.115. The number of imidazole rings is 1. The van der Waals surface area contributed by atoms with Crippen molar-refractivity contribution in [1.29, 1.82) is 0 Å². The van der Waals surface area contributed by atoms with E-state index >= 15 is 0 Å². The van der Waals surface area contributed by atoms with Crippen LogP contribution < -0.4 is 5.32 Å². The van der Waals surface area contributed by atoms with Crippen LogP contribution in [0.5, 0.6) is 0 Å². The average Bonchev–Trinajstić information content (AvgIpc) is 3.29. The number of amides is 1. The van der Waals surface area contributed by atoms with E-state index < -0.39 is 17.9 Å². The first kappa shape index (κ1) is 19.4. The maximum atomic E-state index is 12.5. The molecule has 1 fully saturated rings. The van der Waals surface area contributed by atoms with Gasteiger partial charge in [-0.05, 0) is 18.6 Å². The van der Waals surface area contributed by atoms with Crippen molar-refractivity contribution in [2.75, 3.05) is 11.9 Å². The van der Waals surface area contributed by atoms with Crippen molar-refractivity contribution >= 4 is 22.9 Å². The quantitative estimate of drug-likeness (QED) is 0.599. The zero-order valence-corrected chi connectivity index (χ0v) is 16.2. The van der Waals surface area contributed by atoms with E-state index in [1.54, 1.807) is 28.8 Å². The van der Waals surface area contributed by atoms with Gasteiger partial charge in [0.25, 0.3) is 5.91 Å². The summed E-state index contributed by atoms with van der Waals surface area (Å²) in [7, 11) is 0. The molecule has 0 bridgehead atoms. The van der Waals surface area contributed by atoms with E-state index in [9.17, 15) is 15.0 Å². The molecule has 2 aromatic heterocycles. The molecule has 1 aliphatic heterocycles. The minimum absolute atomic E-state index is 0.196. The number of hydrogen-bond donors (Lipinski definition) is 3. The van der Waals surface area contributed by atoms with Crippen LogP contribution in [0.1, 0.15) is 36.9 Å². The molecule has 3 heterocycles. The monoisotopic (exact) mass is 397 g/mol. The lowest BCUT2D eigenvalue weighted by Gasteiger charge is -2.29. The fourth-order valence-corrected chi connectivity index (χ4v) is 3.79. The molecule has 9 nitrogen and oxygen atoms in total. The molecular weight excluding hydrogens is 374 g/mol. The SMILES string of the molecule is CC[C@@]1(CO)O[C@@H](n2cnc3c(NC(=O)c4ccccc4)ncnc32)[C@@H](O)[C@@H]1C. The van der Waals surface area contributed by atoms with Crippen LogP contribution in [0.4, 0.5) is 5.82 Å². The third kappa shape index (κ3) is 3.17. The fraction of sp³-hybridized carbons (Fsp3) is 0.400. The minimum Gasteiger partial charge on any atom is -0.393 e. The summed E-state index contributed by atoms with van der Waals surface area (Å²) < 4.78 is 7.70. The van der Waals surface area contributed by atoms with Crippen LogP contribution in [-0.2, 0) is 4.74 Å². The highest BCUT2D eigenvalue weighted by molar-refractivity contribution is 6.06. The summed E-state index contributed by atoms with van der Waals surface area (Å²) in [5.74, 6) is -0.317. The van der Waals surface area contributed by atoms with E-state index in [1.807, 2.05) is 19.9 Å². The Labute approximate surface area is 167 Å². The molecular formula is C20H23N5O4. The molecule has 3 N–H and O–H groups in total. The fourth-order valence-electron chi connectivity index (χ4n) is 3.79. The van der Waals surface area contributed by atoms with Gasteiger partial charge in [0.15, 0.2) is 23.2 Å². The summed E-state index contributed by atoms with van der Waals surface area (Å²) in [4.78, 5) is 25.2. The lowest BCUT2D eigenvalue weighted by Crippen LogP contribution is -2.39. The Morgan fingerprint density at radius 3 is 2.69 bits per heavy atom. The molecule has 0 spiro atoms. The molecule has 3 aromatic rings. The number of ether oxygens (including phenoxy) is 1. The maximum Gasteiger partial charge on any atom is 0.256 e. The van der Waals surface area contributed by atoms with Gasteiger partial charge in [0, 0.05) is 11.5 Å². The largest absolute Gasteiger partial charge is 0.393 e. The van der Waals surface area contributed by atoms with Gasteiger partial charge in [0.1, 0.15) is 12.4 Å². The van der Waals surface area contributed by atoms with Crippen LogP contribution in [0, 0.1) is 5.92 Å². The number of hydrogen-bond acceptors (Lipinski definition) is 7. The van der Waals surface area contributed by atoms with Gasteiger partial charge in [-0.2, -0.15) is 0 Å². The lowest BCUT2D eigenvalue weighted by atomic mass is 9.85. The van der Waals surface area contributed by atoms with E-state index in [1.165, 1.54) is 12.7 Å². The van der Waals surface area contributed by atoms with E-state index in [4.69, 9.17) is 4.74 Å². The van der Waals surface area contributed by atoms with E-state index in [2.05, 4.69) is 20.3 Å². The zero-order chi connectivity index (χ0) is 20.6. The van der Waals surface area contributed by atoms with Crippen molar-refractivity contribution in [3.05, 3.63) is 48.5 Å². The standard InChI is InChI=1S/C20H23N5O4/c1-3-20(9-26)12(2)15(27)19(29-20)25-11-23-14-16(21-10-22-17(14)25)24-18(28)13-7-5-4-6-8-13/h4-8,10-12,15,19,26-27H,3,9H2,1-2H3,(H,21,22,24,28)/t12-,15-,19+,20-/m0/s1. The molecule has 1 saturated heterocycles. The predicted octanol–water partition coefficient (Wildman–Crippen LogP) is 1.75. The van der Waals surface area contributed by atoms with Gasteiger partial charge < -0.3 is 20.3 Å². The summed E-state index contributed by atoms with van der Waals surface area (Å²) in [6.07, 6.45) is 1.77. The second-order valence-electron chi connectivity index (χ2n) is 7.23. The topological polar surface area (TPSA) is 122 Å². The molecule has 1 aromatic carbocycles. The van der Waals surface area contributed by atoms with Crippen molar-refractivity contribution in [3.8, 4) is 0 Å². The van der Waals surface area contributed by atoms with Gasteiger partial charge in [-0.15, -0.1) is 0 Å². The molecule has 0 unspecified atom stereocenters. The molecule has 4 atom stereocenters. The van der Waals surface area contributed by atoms with Crippen LogP contribution in [0.3, 0.4) is 0 Å². The van der Waals surface area contributed by atoms with Crippen molar-refractivity contribution in [2.24, 2.45) is 5.92 Å². The number of benzene rings is 1. The second kappa shape index (κ2) is 7.51. The Bertz CT molecular complexity index is 1020. The third-order valence-corrected chi connectivity index (χ3v) is 5.76. The van der Waals surface area contributed by atoms with Crippen LogP contribution in [0.2, 0.25) is 0 Å². The molecule has 152 valence electrons. The number of nitrogens with zero attached hydrogens (tertiary/aromatic N) is 4. The van der Waals surface area contributed by atoms with Gasteiger partial charge >= 0.3 is 0 Å². The van der Waals surface area contributed by atoms with Crippen LogP contribution in [-0.4, -0.2) is 54.0 Å². The van der Waals surface area contributed by atoms with Crippen LogP contribution in [0.25, 0.3) is 11.2 Å². The number of aliphatic hydroxyl groups is 2. The third-order valence-electron chi connectivity index (χ3n) is 5.76. The van der Waals surface area contributed by atoms with Crippen molar-refractivity contribution in [2.45, 2.75) is 38.2 Å². The van der Waals surface area contributed by atoms with Gasteiger partial charge in [0.05, 0.1) is 18.5 Å². The smallest absolute Gasteiger partial charge is 0.256 e. The first-order valence-electron chi connectivity index (χ1n) is 9.51. The average molecular weight is 397 g/mol. The number of fused-ring (bicyclic) bond motifs is 1. The number of anilines is 1. The molecule has 9 heteroatoms. The first-order valence-corrected chi connectivity index (χ1v) is 9.51. The summed E-state index contributed by atoms with van der Waals surface area (Å²) in [5, 5.41) is 23.4. The summed E-state index contributed by atoms with van der Waals surface area (Å²) >= 11 is 0. The Kier molecular flexibility index (Phi) is 5.03. The Morgan fingerprint density at radius 2 is 2.03 bits per heavy atom. The minimum atomic E-state index is -0.850. The van der Waals surface area contributed by atoms with E-state index in [0.29, 0.717) is 23.1 Å². The highest BCUT2D eigenvalue weighted by atomic mass is 16.6. The van der Waals surface area contributed by atoms with Crippen molar-refractivity contribution < 1.29 is 19.7 Å². The van der Waals surface area contributed by atoms with Gasteiger partial charge in [-0.3, -0.25) is 9.36 Å². The van der Waals surface area contributed by atoms with Gasteiger partial charge in [0.2, 0.25) is 0 Å². The van der Waals surface area contributed by atoms with E-state index in [0.717, 1.165) is 0 Å². The Balaban J connectivity index is 1.67. The molecule has 4 rings (SSSR count). The highest BCUT2D eigenvalue weighted by Crippen LogP contribution is 2.44. The number of carbonyl (C=O) groups excluding carboxylic acids is 1. The van der Waals surface area contributed by atoms with Gasteiger partial charge in [-0.25, -0.2) is 15.0 Å². The maximum absolute atomic E-state index is 12.5. The Hall–Kier alpha value is -2.88. The zero-order valence-electron chi connectivity index (χ0n) is 16.2. The molecule has 0 aliphatic carbocycles. The Morgan fingerprint density at radius 1 is 1.28 bits per heavy atom. The van der Waals surface area contributed by atoms with Crippen LogP contribution in [0.15, 0.2) is 43.0 Å². The summed E-state index contributed by atoms with van der Waals surface area (Å²) in [6, 6.07) is 8.80. The number of aliphatic hydroxyl groups excluding tert-OH is 2. The predicted molar refractivity (Wildman–Crippen MR) is 105 cm³/mol. The molecule has 29 heavy (non-hydrogen) atoms.